The van der Waals surface area contributed by atoms with Gasteiger partial charge in [0.05, 0.1) is 19.6 Å². The molecule has 1 saturated heterocycles. The van der Waals surface area contributed by atoms with E-state index in [-0.39, 0.29) is 51.5 Å². The number of para-hydroxylation sites is 1. The summed E-state index contributed by atoms with van der Waals surface area (Å²) in [6.07, 6.45) is 21.1. The van der Waals surface area contributed by atoms with Crippen LogP contribution in [0.1, 0.15) is 153 Å². The molecule has 1 aliphatic heterocycles. The molecule has 4 aromatic rings. The highest BCUT2D eigenvalue weighted by atomic mass is 16.2. The molecular weight excluding hydrogens is 973 g/mol. The summed E-state index contributed by atoms with van der Waals surface area (Å²) < 4.78 is 0. The number of nitrogens with one attached hydrogen (secondary N) is 7. The zero-order valence-corrected chi connectivity index (χ0v) is 45.9. The van der Waals surface area contributed by atoms with Crippen LogP contribution in [0.3, 0.4) is 0 Å². The smallest absolute Gasteiger partial charge is 0.257 e. The molecule has 0 radical (unpaired) electrons. The largest absolute Gasteiger partial charge is 0.361 e. The Hall–Kier alpha value is -5.92. The first-order valence-electron chi connectivity index (χ1n) is 29.0. The molecule has 18 heteroatoms. The maximum absolute atomic E-state index is 15.0. The summed E-state index contributed by atoms with van der Waals surface area (Å²) >= 11 is 0. The van der Waals surface area contributed by atoms with Gasteiger partial charge in [0.1, 0.15) is 18.1 Å². The van der Waals surface area contributed by atoms with Gasteiger partial charge in [0, 0.05) is 43.2 Å². The number of benzene rings is 3. The highest BCUT2D eigenvalue weighted by Crippen LogP contribution is 2.28. The summed E-state index contributed by atoms with van der Waals surface area (Å²) in [5.74, 6) is -2.81. The maximum atomic E-state index is 15.0. The molecule has 3 atom stereocenters. The number of nitrogens with zero attached hydrogens (tertiary/aromatic N) is 3. The number of aromatic nitrogens is 1. The Balaban J connectivity index is 1.34. The highest BCUT2D eigenvalue weighted by Gasteiger charge is 2.32. The van der Waals surface area contributed by atoms with Crippen LogP contribution in [0.15, 0.2) is 72.9 Å². The van der Waals surface area contributed by atoms with Crippen molar-refractivity contribution in [2.24, 2.45) is 17.4 Å². The van der Waals surface area contributed by atoms with Crippen LogP contribution in [0, 0.1) is 5.92 Å². The number of aromatic amines is 1. The minimum absolute atomic E-state index is 0.0986. The second-order valence-electron chi connectivity index (χ2n) is 21.4. The van der Waals surface area contributed by atoms with E-state index >= 15 is 0 Å². The minimum Gasteiger partial charge on any atom is -0.361 e. The number of hydrogen-bond donors (Lipinski definition) is 9. The number of hydrogen-bond acceptors (Lipinski definition) is 11. The molecule has 77 heavy (non-hydrogen) atoms. The molecule has 1 aliphatic carbocycles. The first-order valence-corrected chi connectivity index (χ1v) is 29.0. The van der Waals surface area contributed by atoms with Crippen LogP contribution in [0.5, 0.6) is 0 Å². The normalized spacial score (nSPS) is 20.0. The summed E-state index contributed by atoms with van der Waals surface area (Å²) in [4.78, 5) is 90.6. The topological polar surface area (TPSA) is 252 Å². The van der Waals surface area contributed by atoms with Gasteiger partial charge in [-0.15, -0.1) is 0 Å². The van der Waals surface area contributed by atoms with Gasteiger partial charge < -0.3 is 32.4 Å². The molecule has 6 amide bonds. The van der Waals surface area contributed by atoms with Crippen LogP contribution in [-0.2, 0) is 41.7 Å². The number of amides is 6. The average Bonchev–Trinajstić information content (AvgIpc) is 3.84. The summed E-state index contributed by atoms with van der Waals surface area (Å²) in [6.45, 7) is 2.89. The monoisotopic (exact) mass is 1060 g/mol. The van der Waals surface area contributed by atoms with E-state index in [0.717, 1.165) is 84.2 Å². The third-order valence-corrected chi connectivity index (χ3v) is 15.0. The van der Waals surface area contributed by atoms with Crippen molar-refractivity contribution in [3.63, 3.8) is 0 Å². The van der Waals surface area contributed by atoms with Gasteiger partial charge in [0.15, 0.2) is 0 Å². The highest BCUT2D eigenvalue weighted by molar-refractivity contribution is 5.92. The van der Waals surface area contributed by atoms with E-state index in [4.69, 9.17) is 11.5 Å². The number of rotatable bonds is 25. The van der Waals surface area contributed by atoms with E-state index in [2.05, 4.69) is 44.1 Å². The molecule has 11 N–H and O–H groups in total. The molecule has 0 bridgehead atoms. The van der Waals surface area contributed by atoms with Gasteiger partial charge in [0.2, 0.25) is 17.7 Å². The molecule has 422 valence electrons. The molecule has 2 fully saturated rings. The zero-order chi connectivity index (χ0) is 54.6. The van der Waals surface area contributed by atoms with E-state index < -0.39 is 53.6 Å². The van der Waals surface area contributed by atoms with Crippen LogP contribution in [0.25, 0.3) is 21.7 Å². The summed E-state index contributed by atoms with van der Waals surface area (Å²) in [6, 6.07) is 18.3. The minimum atomic E-state index is -1.14. The van der Waals surface area contributed by atoms with Crippen LogP contribution in [0.2, 0.25) is 0 Å². The summed E-state index contributed by atoms with van der Waals surface area (Å²) in [7, 11) is 0. The Labute approximate surface area is 456 Å². The Morgan fingerprint density at radius 3 is 1.70 bits per heavy atom. The zero-order valence-electron chi connectivity index (χ0n) is 45.9. The molecule has 0 unspecified atom stereocenters. The van der Waals surface area contributed by atoms with Crippen molar-refractivity contribution in [1.29, 1.82) is 0 Å². The molecule has 2 aliphatic rings. The Morgan fingerprint density at radius 1 is 0.506 bits per heavy atom. The third-order valence-electron chi connectivity index (χ3n) is 15.0. The number of fused-ring (bicyclic) bond motifs is 2. The van der Waals surface area contributed by atoms with Gasteiger partial charge in [-0.05, 0) is 91.9 Å². The van der Waals surface area contributed by atoms with Crippen molar-refractivity contribution in [2.45, 2.75) is 173 Å². The van der Waals surface area contributed by atoms with Gasteiger partial charge in [-0.2, -0.15) is 0 Å². The third kappa shape index (κ3) is 20.8. The lowest BCUT2D eigenvalue weighted by molar-refractivity contribution is -0.137. The lowest BCUT2D eigenvalue weighted by atomic mass is 9.84. The van der Waals surface area contributed by atoms with Crippen LogP contribution < -0.4 is 43.7 Å². The molecule has 6 rings (SSSR count). The van der Waals surface area contributed by atoms with Gasteiger partial charge in [-0.3, -0.25) is 45.0 Å². The first kappa shape index (κ1) is 60.3. The molecule has 18 nitrogen and oxygen atoms in total. The molecule has 3 aromatic carbocycles. The van der Waals surface area contributed by atoms with Gasteiger partial charge >= 0.3 is 0 Å². The number of carbonyl (C=O) groups excluding carboxylic acids is 6. The molecule has 0 spiro atoms. The fourth-order valence-electron chi connectivity index (χ4n) is 10.8. The molecule has 1 aromatic heterocycles. The number of hydrazine groups is 3. The quantitative estimate of drug-likeness (QED) is 0.0334. The SMILES string of the molecule is CCCCCCCCCCCCN1CC(=O)N[C@@H](Cc2c[nH]c3ccccc23)C(=O)NN(Cc2cccc3ccccc23)CC(=O)N[C@@H](CCCCN)C(=O)NN(CCCCN)CC(=O)N[C@@H](CC2CCCCC2)C(=O)N1. The number of unbranched alkanes of at least 4 members (excludes halogenated alkanes) is 11. The number of H-pyrrole nitrogens is 1. The molecule has 2 heterocycles. The van der Waals surface area contributed by atoms with Crippen molar-refractivity contribution in [3.05, 3.63) is 84.1 Å². The van der Waals surface area contributed by atoms with Crippen LogP contribution in [0.4, 0.5) is 0 Å². The predicted molar refractivity (Wildman–Crippen MR) is 304 cm³/mol. The predicted octanol–water partition coefficient (Wildman–Crippen LogP) is 6.29. The Morgan fingerprint density at radius 2 is 1.03 bits per heavy atom. The van der Waals surface area contributed by atoms with Crippen LogP contribution in [-0.4, -0.2) is 119 Å². The fourth-order valence-corrected chi connectivity index (χ4v) is 10.8. The van der Waals surface area contributed by atoms with Crippen molar-refractivity contribution in [2.75, 3.05) is 45.8 Å². The molecule has 1 saturated carbocycles. The summed E-state index contributed by atoms with van der Waals surface area (Å²) in [5, 5.41) is 16.4. The Bertz CT molecular complexity index is 2460. The van der Waals surface area contributed by atoms with Gasteiger partial charge in [-0.25, -0.2) is 15.0 Å². The second-order valence-corrected chi connectivity index (χ2v) is 21.4. The van der Waals surface area contributed by atoms with Crippen molar-refractivity contribution in [3.8, 4) is 0 Å². The standard InChI is InChI=1S/C59H90N12O6/c1-2-3-4-5-6-7-8-9-10-21-35-69-42-55(73)65-53(38-47-39-62-50-31-17-16-30-49(47)50)59(77)68-71(40-46-28-23-27-45-26-14-15-29-48(45)46)43-56(74)63-51(32-18-19-33-60)57(75)66-70(36-22-20-34-61)41-54(72)64-52(58(76)67-69)37-44-24-12-11-13-25-44/h14-17,23,26-31,39,44,51-53,62H,2-13,18-22,24-25,32-38,40-43,60-61H2,1H3,(H,63,74)(H,64,72)(H,65,73)(H,66,75)(H,67,76)(H,68,77)/t51-,52-,53-/m0/s1. The molecular formula is C59H90N12O6. The fraction of sp³-hybridized carbons (Fsp3) is 0.593. The lowest BCUT2D eigenvalue weighted by Crippen LogP contribution is -2.58. The Kier molecular flexibility index (Phi) is 26.2. The van der Waals surface area contributed by atoms with Crippen molar-refractivity contribution < 1.29 is 28.8 Å². The lowest BCUT2D eigenvalue weighted by Gasteiger charge is -2.30. The van der Waals surface area contributed by atoms with E-state index in [1.807, 2.05) is 72.9 Å². The van der Waals surface area contributed by atoms with Crippen molar-refractivity contribution >= 4 is 57.1 Å². The summed E-state index contributed by atoms with van der Waals surface area (Å²) in [5.41, 5.74) is 23.3. The van der Waals surface area contributed by atoms with Gasteiger partial charge in [0.25, 0.3) is 17.7 Å². The number of nitrogens with two attached hydrogens (primary N) is 2. The average molecular weight is 1060 g/mol. The van der Waals surface area contributed by atoms with Crippen LogP contribution >= 0.6 is 0 Å². The van der Waals surface area contributed by atoms with E-state index in [0.29, 0.717) is 58.2 Å². The second kappa shape index (κ2) is 33.4. The van der Waals surface area contributed by atoms with Crippen molar-refractivity contribution in [1.82, 2.24) is 52.2 Å². The van der Waals surface area contributed by atoms with E-state index in [1.165, 1.54) is 48.5 Å². The van der Waals surface area contributed by atoms with E-state index in [9.17, 15) is 28.8 Å². The maximum Gasteiger partial charge on any atom is 0.257 e. The first-order chi connectivity index (χ1) is 37.5. The number of carbonyl (C=O) groups is 6. The van der Waals surface area contributed by atoms with E-state index in [1.54, 1.807) is 5.01 Å². The van der Waals surface area contributed by atoms with Gasteiger partial charge in [-0.1, -0.05) is 157 Å².